The van der Waals surface area contributed by atoms with E-state index in [0.29, 0.717) is 6.42 Å². The fourth-order valence-electron chi connectivity index (χ4n) is 3.75. The van der Waals surface area contributed by atoms with Gasteiger partial charge in [0, 0.05) is 29.3 Å². The average Bonchev–Trinajstić information content (AvgIpc) is 2.57. The molecule has 0 fully saturated rings. The van der Waals surface area contributed by atoms with Gasteiger partial charge in [-0.15, -0.1) is 0 Å². The fourth-order valence-corrected chi connectivity index (χ4v) is 3.75. The highest BCUT2D eigenvalue weighted by molar-refractivity contribution is 5.92. The number of fused-ring (bicyclic) bond motifs is 5. The highest BCUT2D eigenvalue weighted by Gasteiger charge is 2.28. The molecule has 0 saturated heterocycles. The summed E-state index contributed by atoms with van der Waals surface area (Å²) in [5.41, 5.74) is 4.81. The second kappa shape index (κ2) is 4.79. The van der Waals surface area contributed by atoms with Crippen LogP contribution in [0.4, 0.5) is 11.4 Å². The van der Waals surface area contributed by atoms with Gasteiger partial charge in [-0.2, -0.15) is 0 Å². The molecular weight excluding hydrogens is 310 g/mol. The molecule has 3 heteroatoms. The summed E-state index contributed by atoms with van der Waals surface area (Å²) in [7, 11) is 0. The zero-order chi connectivity index (χ0) is 17.2. The highest BCUT2D eigenvalue weighted by Crippen LogP contribution is 2.47. The lowest BCUT2D eigenvalue weighted by atomic mass is 9.90. The zero-order valence-corrected chi connectivity index (χ0v) is 14.3. The van der Waals surface area contributed by atoms with Crippen molar-refractivity contribution in [2.24, 2.45) is 0 Å². The Bertz CT molecular complexity index is 1060. The van der Waals surface area contributed by atoms with Gasteiger partial charge in [-0.05, 0) is 54.5 Å². The minimum Gasteiger partial charge on any atom is -0.507 e. The van der Waals surface area contributed by atoms with E-state index < -0.39 is 0 Å². The van der Waals surface area contributed by atoms with Crippen LogP contribution >= 0.6 is 0 Å². The maximum absolute atomic E-state index is 10.6. The van der Waals surface area contributed by atoms with E-state index in [1.54, 1.807) is 6.07 Å². The molecule has 0 amide bonds. The summed E-state index contributed by atoms with van der Waals surface area (Å²) in [5, 5.41) is 16.5. The monoisotopic (exact) mass is 329 g/mol. The minimum absolute atomic E-state index is 0.283. The molecule has 3 aromatic rings. The third kappa shape index (κ3) is 2.19. The first-order valence-electron chi connectivity index (χ1n) is 8.56. The van der Waals surface area contributed by atoms with E-state index in [9.17, 15) is 5.11 Å². The number of rotatable bonds is 0. The molecule has 0 bridgehead atoms. The number of anilines is 2. The molecule has 0 atom stereocenters. The summed E-state index contributed by atoms with van der Waals surface area (Å²) in [4.78, 5) is 0. The van der Waals surface area contributed by atoms with Gasteiger partial charge in [-0.3, -0.25) is 0 Å². The van der Waals surface area contributed by atoms with Crippen molar-refractivity contribution in [1.29, 1.82) is 0 Å². The minimum atomic E-state index is -0.365. The summed E-state index contributed by atoms with van der Waals surface area (Å²) < 4.78 is 6.04. The van der Waals surface area contributed by atoms with Crippen LogP contribution in [0.2, 0.25) is 0 Å². The standard InChI is InChI=1S/C22H19NO2/c1-22(2)8-7-16-20(25-22)12-19(24)17-10-15-9-13-5-3-4-6-14(13)11-18(15)23-21(16)17/h3-9,11-12,23-24H,10H2,1-2H3. The molecule has 2 heterocycles. The largest absolute Gasteiger partial charge is 0.507 e. The predicted octanol–water partition coefficient (Wildman–Crippen LogP) is 5.38. The smallest absolute Gasteiger partial charge is 0.133 e. The molecule has 124 valence electrons. The van der Waals surface area contributed by atoms with Gasteiger partial charge < -0.3 is 15.2 Å². The molecule has 2 aliphatic rings. The quantitative estimate of drug-likeness (QED) is 0.455. The van der Waals surface area contributed by atoms with Crippen LogP contribution in [0, 0.1) is 0 Å². The van der Waals surface area contributed by atoms with Gasteiger partial charge in [-0.1, -0.05) is 24.3 Å². The number of hydrogen-bond acceptors (Lipinski definition) is 3. The maximum atomic E-state index is 10.6. The van der Waals surface area contributed by atoms with Crippen LogP contribution in [0.3, 0.4) is 0 Å². The van der Waals surface area contributed by atoms with E-state index in [4.69, 9.17) is 4.74 Å². The molecule has 0 aromatic heterocycles. The van der Waals surface area contributed by atoms with Crippen molar-refractivity contribution < 1.29 is 9.84 Å². The Hall–Kier alpha value is -2.94. The molecular formula is C22H19NO2. The van der Waals surface area contributed by atoms with Crippen LogP contribution in [0.1, 0.15) is 30.5 Å². The van der Waals surface area contributed by atoms with Gasteiger partial charge in [0.2, 0.25) is 0 Å². The van der Waals surface area contributed by atoms with Crippen LogP contribution in [-0.4, -0.2) is 10.7 Å². The lowest BCUT2D eigenvalue weighted by Gasteiger charge is -2.32. The lowest BCUT2D eigenvalue weighted by molar-refractivity contribution is 0.158. The third-order valence-electron chi connectivity index (χ3n) is 5.04. The predicted molar refractivity (Wildman–Crippen MR) is 102 cm³/mol. The summed E-state index contributed by atoms with van der Waals surface area (Å²) in [6.07, 6.45) is 4.86. The van der Waals surface area contributed by atoms with Gasteiger partial charge in [-0.25, -0.2) is 0 Å². The van der Waals surface area contributed by atoms with E-state index in [2.05, 4.69) is 53.9 Å². The van der Waals surface area contributed by atoms with Gasteiger partial charge in [0.15, 0.2) is 0 Å². The van der Waals surface area contributed by atoms with Crippen LogP contribution in [-0.2, 0) is 6.42 Å². The van der Waals surface area contributed by atoms with Crippen LogP contribution < -0.4 is 10.1 Å². The molecule has 5 rings (SSSR count). The number of hydrogen-bond donors (Lipinski definition) is 2. The molecule has 2 aliphatic heterocycles. The van der Waals surface area contributed by atoms with E-state index >= 15 is 0 Å². The molecule has 3 aromatic carbocycles. The molecule has 0 radical (unpaired) electrons. The number of aromatic hydroxyl groups is 1. The second-order valence-electron chi connectivity index (χ2n) is 7.36. The lowest BCUT2D eigenvalue weighted by Crippen LogP contribution is -2.28. The van der Waals surface area contributed by atoms with Gasteiger partial charge in [0.1, 0.15) is 17.1 Å². The first kappa shape index (κ1) is 14.4. The van der Waals surface area contributed by atoms with Crippen LogP contribution in [0.15, 0.2) is 48.5 Å². The Balaban J connectivity index is 1.69. The highest BCUT2D eigenvalue weighted by atomic mass is 16.5. The normalized spacial score (nSPS) is 16.4. The van der Waals surface area contributed by atoms with E-state index in [0.717, 1.165) is 28.3 Å². The first-order valence-corrected chi connectivity index (χ1v) is 8.56. The molecule has 25 heavy (non-hydrogen) atoms. The molecule has 2 N–H and O–H groups in total. The molecule has 0 saturated carbocycles. The molecule has 0 aliphatic carbocycles. The Morgan fingerprint density at radius 3 is 2.64 bits per heavy atom. The summed E-state index contributed by atoms with van der Waals surface area (Å²) in [6.45, 7) is 4.02. The maximum Gasteiger partial charge on any atom is 0.133 e. The Kier molecular flexibility index (Phi) is 2.76. The zero-order valence-electron chi connectivity index (χ0n) is 14.3. The van der Waals surface area contributed by atoms with Gasteiger partial charge >= 0.3 is 0 Å². The number of phenolic OH excluding ortho intramolecular Hbond substituents is 1. The number of benzene rings is 3. The number of nitrogens with one attached hydrogen (secondary N) is 1. The summed E-state index contributed by atoms with van der Waals surface area (Å²) in [5.74, 6) is 1.01. The second-order valence-corrected chi connectivity index (χ2v) is 7.36. The average molecular weight is 329 g/mol. The number of ether oxygens (including phenoxy) is 1. The Labute approximate surface area is 146 Å². The van der Waals surface area contributed by atoms with Gasteiger partial charge in [0.25, 0.3) is 0 Å². The van der Waals surface area contributed by atoms with Crippen molar-refractivity contribution in [3.05, 3.63) is 65.2 Å². The molecule has 0 spiro atoms. The SMILES string of the molecule is CC1(C)C=Cc2c(cc(O)c3c2Nc2cc4ccccc4cc2C3)O1. The third-order valence-corrected chi connectivity index (χ3v) is 5.04. The van der Waals surface area contributed by atoms with Crippen molar-refractivity contribution in [3.63, 3.8) is 0 Å². The topological polar surface area (TPSA) is 41.5 Å². The van der Waals surface area contributed by atoms with Crippen molar-refractivity contribution in [1.82, 2.24) is 0 Å². The van der Waals surface area contributed by atoms with Crippen molar-refractivity contribution in [2.45, 2.75) is 25.9 Å². The van der Waals surface area contributed by atoms with E-state index in [1.807, 2.05) is 13.8 Å². The first-order chi connectivity index (χ1) is 12.0. The number of phenols is 1. The van der Waals surface area contributed by atoms with E-state index in [-0.39, 0.29) is 11.4 Å². The summed E-state index contributed by atoms with van der Waals surface area (Å²) in [6, 6.07) is 14.5. The Morgan fingerprint density at radius 1 is 1.08 bits per heavy atom. The molecule has 0 unspecified atom stereocenters. The van der Waals surface area contributed by atoms with Crippen molar-refractivity contribution in [3.8, 4) is 11.5 Å². The fraction of sp³-hybridized carbons (Fsp3) is 0.182. The van der Waals surface area contributed by atoms with Crippen LogP contribution in [0.25, 0.3) is 16.8 Å². The van der Waals surface area contributed by atoms with E-state index in [1.165, 1.54) is 16.3 Å². The van der Waals surface area contributed by atoms with Crippen molar-refractivity contribution >= 4 is 28.2 Å². The molecule has 3 nitrogen and oxygen atoms in total. The van der Waals surface area contributed by atoms with Crippen LogP contribution in [0.5, 0.6) is 11.5 Å². The van der Waals surface area contributed by atoms with Crippen molar-refractivity contribution in [2.75, 3.05) is 5.32 Å². The Morgan fingerprint density at radius 2 is 1.84 bits per heavy atom. The summed E-state index contributed by atoms with van der Waals surface area (Å²) >= 11 is 0. The van der Waals surface area contributed by atoms with Gasteiger partial charge in [0.05, 0.1) is 5.69 Å².